The van der Waals surface area contributed by atoms with Crippen LogP contribution >= 0.6 is 0 Å². The molecule has 0 radical (unpaired) electrons. The molecule has 110 valence electrons. The number of nitrogens with two attached hydrogens (primary N) is 1. The fraction of sp³-hybridized carbons (Fsp3) is 0.562. The van der Waals surface area contributed by atoms with Crippen molar-refractivity contribution in [3.63, 3.8) is 0 Å². The Morgan fingerprint density at radius 2 is 2.15 bits per heavy atom. The quantitative estimate of drug-likeness (QED) is 0.865. The number of hydrogen-bond donors (Lipinski definition) is 2. The third-order valence-electron chi connectivity index (χ3n) is 4.20. The van der Waals surface area contributed by atoms with Crippen molar-refractivity contribution in [3.8, 4) is 0 Å². The third-order valence-corrected chi connectivity index (χ3v) is 4.20. The lowest BCUT2D eigenvalue weighted by Crippen LogP contribution is -2.51. The Morgan fingerprint density at radius 1 is 1.40 bits per heavy atom. The topological polar surface area (TPSA) is 58.4 Å². The van der Waals surface area contributed by atoms with Crippen molar-refractivity contribution in [1.82, 2.24) is 4.90 Å². The SMILES string of the molecule is CCC1CCCN(CC(=O)Nc2ccccc2)C1CN. The van der Waals surface area contributed by atoms with E-state index in [4.69, 9.17) is 5.73 Å². The van der Waals surface area contributed by atoms with Crippen molar-refractivity contribution >= 4 is 11.6 Å². The molecule has 0 saturated carbocycles. The molecular weight excluding hydrogens is 250 g/mol. The van der Waals surface area contributed by atoms with Gasteiger partial charge >= 0.3 is 0 Å². The van der Waals surface area contributed by atoms with Crippen molar-refractivity contribution in [1.29, 1.82) is 0 Å². The first-order chi connectivity index (χ1) is 9.74. The van der Waals surface area contributed by atoms with Gasteiger partial charge in [0.05, 0.1) is 6.54 Å². The molecule has 4 nitrogen and oxygen atoms in total. The maximum Gasteiger partial charge on any atom is 0.238 e. The Morgan fingerprint density at radius 3 is 2.80 bits per heavy atom. The summed E-state index contributed by atoms with van der Waals surface area (Å²) < 4.78 is 0. The molecule has 0 spiro atoms. The van der Waals surface area contributed by atoms with Gasteiger partial charge < -0.3 is 11.1 Å². The highest BCUT2D eigenvalue weighted by atomic mass is 16.2. The van der Waals surface area contributed by atoms with Crippen molar-refractivity contribution in [2.75, 3.05) is 25.0 Å². The molecule has 1 fully saturated rings. The monoisotopic (exact) mass is 275 g/mol. The molecule has 0 bridgehead atoms. The van der Waals surface area contributed by atoms with Gasteiger partial charge in [-0.15, -0.1) is 0 Å². The van der Waals surface area contributed by atoms with Gasteiger partial charge in [-0.1, -0.05) is 31.5 Å². The van der Waals surface area contributed by atoms with Crippen molar-refractivity contribution < 1.29 is 4.79 Å². The van der Waals surface area contributed by atoms with E-state index in [2.05, 4.69) is 17.1 Å². The van der Waals surface area contributed by atoms with Gasteiger partial charge in [0.25, 0.3) is 0 Å². The smallest absolute Gasteiger partial charge is 0.238 e. The number of carbonyl (C=O) groups excluding carboxylic acids is 1. The molecule has 3 N–H and O–H groups in total. The Labute approximate surface area is 121 Å². The minimum Gasteiger partial charge on any atom is -0.329 e. The zero-order valence-electron chi connectivity index (χ0n) is 12.2. The van der Waals surface area contributed by atoms with Crippen LogP contribution in [0.1, 0.15) is 26.2 Å². The molecule has 0 aromatic heterocycles. The molecular formula is C16H25N3O. The second-order valence-electron chi connectivity index (χ2n) is 5.50. The number of anilines is 1. The van der Waals surface area contributed by atoms with E-state index in [0.717, 1.165) is 25.1 Å². The molecule has 4 heteroatoms. The van der Waals surface area contributed by atoms with Crippen LogP contribution in [-0.4, -0.2) is 36.5 Å². The highest BCUT2D eigenvalue weighted by molar-refractivity contribution is 5.92. The number of para-hydroxylation sites is 1. The van der Waals surface area contributed by atoms with E-state index in [1.54, 1.807) is 0 Å². The van der Waals surface area contributed by atoms with Crippen molar-refractivity contribution in [2.24, 2.45) is 11.7 Å². The molecule has 2 atom stereocenters. The number of rotatable bonds is 5. The summed E-state index contributed by atoms with van der Waals surface area (Å²) in [6.07, 6.45) is 3.53. The molecule has 1 amide bonds. The normalized spacial score (nSPS) is 23.5. The first kappa shape index (κ1) is 15.0. The first-order valence-electron chi connectivity index (χ1n) is 7.53. The molecule has 1 heterocycles. The lowest BCUT2D eigenvalue weighted by atomic mass is 9.87. The van der Waals surface area contributed by atoms with Gasteiger partial charge in [-0.3, -0.25) is 9.69 Å². The molecule has 0 aliphatic carbocycles. The lowest BCUT2D eigenvalue weighted by Gasteiger charge is -2.40. The van der Waals surface area contributed by atoms with Gasteiger partial charge in [-0.05, 0) is 37.4 Å². The van der Waals surface area contributed by atoms with Crippen LogP contribution in [0.2, 0.25) is 0 Å². The second kappa shape index (κ2) is 7.41. The van der Waals surface area contributed by atoms with E-state index < -0.39 is 0 Å². The predicted molar refractivity (Wildman–Crippen MR) is 82.5 cm³/mol. The van der Waals surface area contributed by atoms with Crippen LogP contribution in [-0.2, 0) is 4.79 Å². The fourth-order valence-electron chi connectivity index (χ4n) is 3.13. The zero-order valence-corrected chi connectivity index (χ0v) is 12.2. The van der Waals surface area contributed by atoms with Gasteiger partial charge in [0, 0.05) is 18.3 Å². The van der Waals surface area contributed by atoms with Gasteiger partial charge in [-0.25, -0.2) is 0 Å². The summed E-state index contributed by atoms with van der Waals surface area (Å²) in [6, 6.07) is 9.94. The van der Waals surface area contributed by atoms with E-state index in [0.29, 0.717) is 25.0 Å². The number of benzene rings is 1. The highest BCUT2D eigenvalue weighted by Gasteiger charge is 2.30. The fourth-order valence-corrected chi connectivity index (χ4v) is 3.13. The van der Waals surface area contributed by atoms with Crippen LogP contribution in [0.3, 0.4) is 0 Å². The van der Waals surface area contributed by atoms with E-state index in [-0.39, 0.29) is 5.91 Å². The van der Waals surface area contributed by atoms with E-state index in [1.165, 1.54) is 6.42 Å². The summed E-state index contributed by atoms with van der Waals surface area (Å²) >= 11 is 0. The number of carbonyl (C=O) groups is 1. The summed E-state index contributed by atoms with van der Waals surface area (Å²) in [5, 5.41) is 2.95. The number of nitrogens with zero attached hydrogens (tertiary/aromatic N) is 1. The predicted octanol–water partition coefficient (Wildman–Crippen LogP) is 2.07. The molecule has 1 saturated heterocycles. The van der Waals surface area contributed by atoms with Crippen molar-refractivity contribution in [3.05, 3.63) is 30.3 Å². The maximum atomic E-state index is 12.1. The molecule has 2 rings (SSSR count). The van der Waals surface area contributed by atoms with Crippen LogP contribution in [0.15, 0.2) is 30.3 Å². The van der Waals surface area contributed by atoms with Gasteiger partial charge in [0.1, 0.15) is 0 Å². The molecule has 1 aromatic rings. The van der Waals surface area contributed by atoms with Crippen LogP contribution in [0, 0.1) is 5.92 Å². The van der Waals surface area contributed by atoms with Gasteiger partial charge in [-0.2, -0.15) is 0 Å². The van der Waals surface area contributed by atoms with E-state index >= 15 is 0 Å². The Kier molecular flexibility index (Phi) is 5.56. The van der Waals surface area contributed by atoms with Crippen LogP contribution in [0.4, 0.5) is 5.69 Å². The van der Waals surface area contributed by atoms with Crippen LogP contribution < -0.4 is 11.1 Å². The van der Waals surface area contributed by atoms with Crippen molar-refractivity contribution in [2.45, 2.75) is 32.2 Å². The van der Waals surface area contributed by atoms with E-state index in [9.17, 15) is 4.79 Å². The number of nitrogens with one attached hydrogen (secondary N) is 1. The molecule has 1 aliphatic heterocycles. The number of piperidine rings is 1. The molecule has 1 aliphatic rings. The lowest BCUT2D eigenvalue weighted by molar-refractivity contribution is -0.118. The van der Waals surface area contributed by atoms with Gasteiger partial charge in [0.15, 0.2) is 0 Å². The minimum atomic E-state index is 0.0476. The Balaban J connectivity index is 1.92. The van der Waals surface area contributed by atoms with Crippen LogP contribution in [0.25, 0.3) is 0 Å². The number of likely N-dealkylation sites (tertiary alicyclic amines) is 1. The number of amides is 1. The standard InChI is InChI=1S/C16H25N3O/c1-2-13-7-6-10-19(15(13)11-17)12-16(20)18-14-8-4-3-5-9-14/h3-5,8-9,13,15H,2,6-7,10-12,17H2,1H3,(H,18,20). The summed E-state index contributed by atoms with van der Waals surface area (Å²) in [5.74, 6) is 0.671. The zero-order chi connectivity index (χ0) is 14.4. The summed E-state index contributed by atoms with van der Waals surface area (Å²) in [7, 11) is 0. The number of hydrogen-bond acceptors (Lipinski definition) is 3. The molecule has 20 heavy (non-hydrogen) atoms. The van der Waals surface area contributed by atoms with E-state index in [1.807, 2.05) is 30.3 Å². The first-order valence-corrected chi connectivity index (χ1v) is 7.53. The largest absolute Gasteiger partial charge is 0.329 e. The average molecular weight is 275 g/mol. The summed E-state index contributed by atoms with van der Waals surface area (Å²) in [5.41, 5.74) is 6.77. The third kappa shape index (κ3) is 3.81. The van der Waals surface area contributed by atoms with Gasteiger partial charge in [0.2, 0.25) is 5.91 Å². The highest BCUT2D eigenvalue weighted by Crippen LogP contribution is 2.25. The Bertz CT molecular complexity index is 421. The average Bonchev–Trinajstić information content (AvgIpc) is 2.47. The second-order valence-corrected chi connectivity index (χ2v) is 5.50. The minimum absolute atomic E-state index is 0.0476. The molecule has 1 aromatic carbocycles. The van der Waals surface area contributed by atoms with Crippen LogP contribution in [0.5, 0.6) is 0 Å². The summed E-state index contributed by atoms with van der Waals surface area (Å²) in [4.78, 5) is 14.4. The Hall–Kier alpha value is -1.39. The molecule has 2 unspecified atom stereocenters. The maximum absolute atomic E-state index is 12.1. The summed E-state index contributed by atoms with van der Waals surface area (Å²) in [6.45, 7) is 4.26.